The molecule has 180 valence electrons. The molecule has 1 amide bonds. The first kappa shape index (κ1) is 23.1. The lowest BCUT2D eigenvalue weighted by Crippen LogP contribution is -2.49. The van der Waals surface area contributed by atoms with Gasteiger partial charge in [0.25, 0.3) is 0 Å². The second-order valence-corrected chi connectivity index (χ2v) is 10.2. The van der Waals surface area contributed by atoms with Gasteiger partial charge in [0.2, 0.25) is 5.91 Å². The first-order chi connectivity index (χ1) is 16.6. The van der Waals surface area contributed by atoms with Crippen LogP contribution in [0, 0.1) is 11.3 Å². The number of rotatable bonds is 7. The lowest BCUT2D eigenvalue weighted by Gasteiger charge is -2.36. The number of benzene rings is 2. The summed E-state index contributed by atoms with van der Waals surface area (Å²) < 4.78 is 5.36. The summed E-state index contributed by atoms with van der Waals surface area (Å²) in [6.07, 6.45) is 7.82. The number of amides is 1. The maximum Gasteiger partial charge on any atom is 0.226 e. The molecule has 3 fully saturated rings. The molecule has 5 heteroatoms. The summed E-state index contributed by atoms with van der Waals surface area (Å²) in [6, 6.07) is 18.8. The van der Waals surface area contributed by atoms with E-state index in [1.54, 1.807) is 7.11 Å². The zero-order valence-corrected chi connectivity index (χ0v) is 20.4. The highest BCUT2D eigenvalue weighted by molar-refractivity contribution is 5.83. The van der Waals surface area contributed by atoms with Gasteiger partial charge in [0, 0.05) is 45.2 Å². The molecule has 1 saturated carbocycles. The van der Waals surface area contributed by atoms with Crippen LogP contribution in [-0.2, 0) is 11.3 Å². The van der Waals surface area contributed by atoms with Gasteiger partial charge in [0.15, 0.2) is 0 Å². The SMILES string of the molecule is COc1cccc(CN2CCC3(CC2)C[C@H]3C(=O)N2CCN(C/C=C/c3ccccc3)CC2)c1. The second-order valence-electron chi connectivity index (χ2n) is 10.2. The molecule has 0 aromatic heterocycles. The van der Waals surface area contributed by atoms with Gasteiger partial charge in [0.1, 0.15) is 5.75 Å². The van der Waals surface area contributed by atoms with E-state index in [0.29, 0.717) is 5.91 Å². The van der Waals surface area contributed by atoms with Gasteiger partial charge in [-0.15, -0.1) is 0 Å². The smallest absolute Gasteiger partial charge is 0.226 e. The standard InChI is InChI=1S/C29H37N3O2/c1-34-26-11-5-9-25(21-26)23-31-15-12-29(13-16-31)22-27(29)28(33)32-19-17-30(18-20-32)14-6-10-24-7-3-2-4-8-24/h2-11,21,27H,12-20,22-23H2,1H3/b10-6+/t27-/m0/s1. The molecule has 1 spiro atoms. The van der Waals surface area contributed by atoms with Gasteiger partial charge in [-0.25, -0.2) is 0 Å². The Bertz CT molecular complexity index is 989. The van der Waals surface area contributed by atoms with Crippen LogP contribution < -0.4 is 4.74 Å². The van der Waals surface area contributed by atoms with Crippen LogP contribution in [0.5, 0.6) is 5.75 Å². The molecule has 2 aromatic rings. The molecule has 2 saturated heterocycles. The summed E-state index contributed by atoms with van der Waals surface area (Å²) in [5, 5.41) is 0. The van der Waals surface area contributed by atoms with E-state index in [0.717, 1.165) is 77.4 Å². The van der Waals surface area contributed by atoms with Crippen molar-refractivity contribution >= 4 is 12.0 Å². The predicted octanol–water partition coefficient (Wildman–Crippen LogP) is 4.15. The molecular formula is C29H37N3O2. The number of hydrogen-bond acceptors (Lipinski definition) is 4. The third-order valence-electron chi connectivity index (χ3n) is 8.04. The number of carbonyl (C=O) groups excluding carboxylic acids is 1. The number of carbonyl (C=O) groups is 1. The van der Waals surface area contributed by atoms with Crippen molar-refractivity contribution in [3.05, 3.63) is 71.8 Å². The van der Waals surface area contributed by atoms with Crippen molar-refractivity contribution in [2.24, 2.45) is 11.3 Å². The lowest BCUT2D eigenvalue weighted by molar-refractivity contribution is -0.135. The summed E-state index contributed by atoms with van der Waals surface area (Å²) >= 11 is 0. The Labute approximate surface area is 204 Å². The van der Waals surface area contributed by atoms with Crippen LogP contribution in [0.1, 0.15) is 30.4 Å². The van der Waals surface area contributed by atoms with E-state index < -0.39 is 0 Å². The van der Waals surface area contributed by atoms with Gasteiger partial charge in [-0.2, -0.15) is 0 Å². The number of piperazine rings is 1. The average molecular weight is 460 g/mol. The molecule has 1 atom stereocenters. The normalized spacial score (nSPS) is 22.9. The summed E-state index contributed by atoms with van der Waals surface area (Å²) in [7, 11) is 1.72. The molecule has 2 heterocycles. The third kappa shape index (κ3) is 5.37. The fourth-order valence-corrected chi connectivity index (χ4v) is 5.71. The van der Waals surface area contributed by atoms with Gasteiger partial charge in [-0.1, -0.05) is 54.6 Å². The van der Waals surface area contributed by atoms with Crippen molar-refractivity contribution in [1.82, 2.24) is 14.7 Å². The molecule has 0 bridgehead atoms. The van der Waals surface area contributed by atoms with Crippen molar-refractivity contribution in [2.45, 2.75) is 25.8 Å². The molecule has 3 aliphatic rings. The topological polar surface area (TPSA) is 36.0 Å². The first-order valence-electron chi connectivity index (χ1n) is 12.7. The Hall–Kier alpha value is -2.63. The number of piperidine rings is 1. The number of methoxy groups -OCH3 is 1. The molecule has 1 aliphatic carbocycles. The highest BCUT2D eigenvalue weighted by atomic mass is 16.5. The molecule has 0 N–H and O–H groups in total. The first-order valence-corrected chi connectivity index (χ1v) is 12.7. The predicted molar refractivity (Wildman–Crippen MR) is 137 cm³/mol. The quantitative estimate of drug-likeness (QED) is 0.623. The molecule has 34 heavy (non-hydrogen) atoms. The number of ether oxygens (including phenoxy) is 1. The molecule has 2 aliphatic heterocycles. The number of likely N-dealkylation sites (tertiary alicyclic amines) is 1. The van der Waals surface area contributed by atoms with Gasteiger partial charge >= 0.3 is 0 Å². The van der Waals surface area contributed by atoms with Crippen molar-refractivity contribution in [3.8, 4) is 5.75 Å². The second kappa shape index (κ2) is 10.3. The van der Waals surface area contributed by atoms with E-state index in [9.17, 15) is 4.79 Å². The van der Waals surface area contributed by atoms with E-state index in [4.69, 9.17) is 4.74 Å². The highest BCUT2D eigenvalue weighted by Gasteiger charge is 2.59. The van der Waals surface area contributed by atoms with Gasteiger partial charge in [0.05, 0.1) is 7.11 Å². The Kier molecular flexibility index (Phi) is 7.02. The Morgan fingerprint density at radius 3 is 2.47 bits per heavy atom. The largest absolute Gasteiger partial charge is 0.497 e. The van der Waals surface area contributed by atoms with Gasteiger partial charge in [-0.3, -0.25) is 14.6 Å². The summed E-state index contributed by atoms with van der Waals surface area (Å²) in [4.78, 5) is 20.4. The molecule has 5 nitrogen and oxygen atoms in total. The molecular weight excluding hydrogens is 422 g/mol. The van der Waals surface area contributed by atoms with Crippen LogP contribution >= 0.6 is 0 Å². The minimum atomic E-state index is 0.260. The lowest BCUT2D eigenvalue weighted by atomic mass is 9.90. The molecule has 0 radical (unpaired) electrons. The van der Waals surface area contributed by atoms with Crippen LogP contribution in [0.3, 0.4) is 0 Å². The fraction of sp³-hybridized carbons (Fsp3) is 0.483. The maximum atomic E-state index is 13.2. The van der Waals surface area contributed by atoms with E-state index in [-0.39, 0.29) is 11.3 Å². The summed E-state index contributed by atoms with van der Waals surface area (Å²) in [5.41, 5.74) is 2.82. The van der Waals surface area contributed by atoms with E-state index >= 15 is 0 Å². The van der Waals surface area contributed by atoms with Crippen molar-refractivity contribution in [3.63, 3.8) is 0 Å². The van der Waals surface area contributed by atoms with Crippen LogP contribution in [0.15, 0.2) is 60.7 Å². The molecule has 0 unspecified atom stereocenters. The van der Waals surface area contributed by atoms with Crippen molar-refractivity contribution in [2.75, 3.05) is 52.9 Å². The zero-order valence-electron chi connectivity index (χ0n) is 20.4. The van der Waals surface area contributed by atoms with Crippen LogP contribution in [0.25, 0.3) is 6.08 Å². The van der Waals surface area contributed by atoms with Gasteiger partial charge in [-0.05, 0) is 61.0 Å². The highest BCUT2D eigenvalue weighted by Crippen LogP contribution is 2.60. The Morgan fingerprint density at radius 1 is 0.971 bits per heavy atom. The third-order valence-corrected chi connectivity index (χ3v) is 8.04. The van der Waals surface area contributed by atoms with Crippen LogP contribution in [0.4, 0.5) is 0 Å². The van der Waals surface area contributed by atoms with E-state index in [1.165, 1.54) is 11.1 Å². The summed E-state index contributed by atoms with van der Waals surface area (Å²) in [6.45, 7) is 7.77. The van der Waals surface area contributed by atoms with Crippen LogP contribution in [0.2, 0.25) is 0 Å². The van der Waals surface area contributed by atoms with Crippen LogP contribution in [-0.4, -0.2) is 73.5 Å². The van der Waals surface area contributed by atoms with Crippen molar-refractivity contribution < 1.29 is 9.53 Å². The Morgan fingerprint density at radius 2 is 1.74 bits per heavy atom. The van der Waals surface area contributed by atoms with Gasteiger partial charge < -0.3 is 9.64 Å². The minimum Gasteiger partial charge on any atom is -0.497 e. The zero-order chi connectivity index (χ0) is 23.4. The molecule has 2 aromatic carbocycles. The van der Waals surface area contributed by atoms with Crippen molar-refractivity contribution in [1.29, 1.82) is 0 Å². The summed E-state index contributed by atoms with van der Waals surface area (Å²) in [5.74, 6) is 1.60. The Balaban J connectivity index is 1.05. The van der Waals surface area contributed by atoms with E-state index in [1.807, 2.05) is 12.1 Å². The molecule has 5 rings (SSSR count). The monoisotopic (exact) mass is 459 g/mol. The van der Waals surface area contributed by atoms with E-state index in [2.05, 4.69) is 69.3 Å². The number of nitrogens with zero attached hydrogens (tertiary/aromatic N) is 3. The number of hydrogen-bond donors (Lipinski definition) is 0. The average Bonchev–Trinajstić information content (AvgIpc) is 3.59. The fourth-order valence-electron chi connectivity index (χ4n) is 5.71. The maximum absolute atomic E-state index is 13.2. The minimum absolute atomic E-state index is 0.260.